The fourth-order valence-electron chi connectivity index (χ4n) is 3.30. The van der Waals surface area contributed by atoms with Crippen molar-refractivity contribution in [3.05, 3.63) is 0 Å². The summed E-state index contributed by atoms with van der Waals surface area (Å²) in [6.45, 7) is 5.22. The quantitative estimate of drug-likeness (QED) is 0.820. The third-order valence-corrected chi connectivity index (χ3v) is 4.59. The van der Waals surface area contributed by atoms with Gasteiger partial charge in [0.15, 0.2) is 0 Å². The number of halogens is 3. The number of rotatable bonds is 5. The van der Waals surface area contributed by atoms with Crippen LogP contribution in [0.3, 0.4) is 0 Å². The van der Waals surface area contributed by atoms with Crippen molar-refractivity contribution in [2.75, 3.05) is 45.9 Å². The zero-order chi connectivity index (χ0) is 16.9. The van der Waals surface area contributed by atoms with Gasteiger partial charge >= 0.3 is 6.18 Å². The van der Waals surface area contributed by atoms with Crippen LogP contribution in [0.1, 0.15) is 26.2 Å². The molecule has 0 aliphatic carbocycles. The number of nitrogens with one attached hydrogen (secondary N) is 1. The summed E-state index contributed by atoms with van der Waals surface area (Å²) < 4.78 is 42.1. The SMILES string of the molecule is C[C@@H](C(=O)NCC(F)(F)F)N1CCCC[C@@H]1CN1CCOCC1. The molecule has 2 aliphatic rings. The maximum atomic E-state index is 12.3. The molecule has 0 saturated carbocycles. The van der Waals surface area contributed by atoms with Crippen LogP contribution in [0.5, 0.6) is 0 Å². The summed E-state index contributed by atoms with van der Waals surface area (Å²) in [5.74, 6) is -0.545. The fraction of sp³-hybridized carbons (Fsp3) is 0.933. The van der Waals surface area contributed by atoms with Crippen LogP contribution in [0.25, 0.3) is 0 Å². The van der Waals surface area contributed by atoms with Gasteiger partial charge < -0.3 is 10.1 Å². The second-order valence-corrected chi connectivity index (χ2v) is 6.31. The molecule has 134 valence electrons. The Hall–Kier alpha value is -0.860. The number of morpholine rings is 1. The van der Waals surface area contributed by atoms with Crippen molar-refractivity contribution in [3.8, 4) is 0 Å². The molecule has 23 heavy (non-hydrogen) atoms. The lowest BCUT2D eigenvalue weighted by Gasteiger charge is -2.42. The molecule has 5 nitrogen and oxygen atoms in total. The Kier molecular flexibility index (Phi) is 6.67. The van der Waals surface area contributed by atoms with E-state index in [9.17, 15) is 18.0 Å². The highest BCUT2D eigenvalue weighted by atomic mass is 19.4. The topological polar surface area (TPSA) is 44.8 Å². The van der Waals surface area contributed by atoms with Crippen LogP contribution in [0.4, 0.5) is 13.2 Å². The summed E-state index contributed by atoms with van der Waals surface area (Å²) in [6.07, 6.45) is -1.31. The van der Waals surface area contributed by atoms with E-state index in [0.29, 0.717) is 13.2 Å². The van der Waals surface area contributed by atoms with Gasteiger partial charge in [-0.1, -0.05) is 6.42 Å². The first kappa shape index (κ1) is 18.5. The minimum Gasteiger partial charge on any atom is -0.379 e. The molecule has 0 aromatic rings. The summed E-state index contributed by atoms with van der Waals surface area (Å²) in [5, 5.41) is 2.00. The zero-order valence-electron chi connectivity index (χ0n) is 13.6. The van der Waals surface area contributed by atoms with Crippen molar-refractivity contribution in [1.29, 1.82) is 0 Å². The summed E-state index contributed by atoms with van der Waals surface area (Å²) in [6, 6.07) is -0.322. The molecular weight excluding hydrogens is 311 g/mol. The summed E-state index contributed by atoms with van der Waals surface area (Å²) in [4.78, 5) is 16.4. The van der Waals surface area contributed by atoms with E-state index < -0.39 is 24.7 Å². The van der Waals surface area contributed by atoms with Gasteiger partial charge in [0.05, 0.1) is 19.3 Å². The molecule has 0 radical (unpaired) electrons. The average Bonchev–Trinajstić information content (AvgIpc) is 2.53. The van der Waals surface area contributed by atoms with Gasteiger partial charge in [0.1, 0.15) is 6.54 Å². The van der Waals surface area contributed by atoms with Gasteiger partial charge in [0.2, 0.25) is 5.91 Å². The van der Waals surface area contributed by atoms with Gasteiger partial charge in [-0.05, 0) is 26.3 Å². The van der Waals surface area contributed by atoms with Gasteiger partial charge in [-0.3, -0.25) is 14.6 Å². The molecule has 2 rings (SSSR count). The molecule has 2 atom stereocenters. The lowest BCUT2D eigenvalue weighted by atomic mass is 9.99. The molecule has 8 heteroatoms. The van der Waals surface area contributed by atoms with E-state index in [1.54, 1.807) is 6.92 Å². The number of alkyl halides is 3. The van der Waals surface area contributed by atoms with Crippen molar-refractivity contribution in [2.45, 2.75) is 44.4 Å². The number of nitrogens with zero attached hydrogens (tertiary/aromatic N) is 2. The van der Waals surface area contributed by atoms with Crippen molar-refractivity contribution in [1.82, 2.24) is 15.1 Å². The van der Waals surface area contributed by atoms with Crippen molar-refractivity contribution in [3.63, 3.8) is 0 Å². The predicted octanol–water partition coefficient (Wildman–Crippen LogP) is 1.24. The molecule has 1 amide bonds. The monoisotopic (exact) mass is 337 g/mol. The van der Waals surface area contributed by atoms with Crippen molar-refractivity contribution >= 4 is 5.91 Å². The van der Waals surface area contributed by atoms with Crippen LogP contribution in [-0.4, -0.2) is 79.9 Å². The number of ether oxygens (including phenoxy) is 1. The molecular formula is C15H26F3N3O2. The summed E-state index contributed by atoms with van der Waals surface area (Å²) in [5.41, 5.74) is 0. The number of amides is 1. The highest BCUT2D eigenvalue weighted by molar-refractivity contribution is 5.81. The van der Waals surface area contributed by atoms with Crippen molar-refractivity contribution < 1.29 is 22.7 Å². The molecule has 2 fully saturated rings. The van der Waals surface area contributed by atoms with Gasteiger partial charge in [-0.15, -0.1) is 0 Å². The van der Waals surface area contributed by atoms with Crippen LogP contribution in [0.2, 0.25) is 0 Å². The lowest BCUT2D eigenvalue weighted by molar-refractivity contribution is -0.142. The van der Waals surface area contributed by atoms with Crippen LogP contribution in [0.15, 0.2) is 0 Å². The standard InChI is InChI=1S/C15H26F3N3O2/c1-12(14(22)19-11-15(16,17)18)21-5-3-2-4-13(21)10-20-6-8-23-9-7-20/h12-13H,2-11H2,1H3,(H,19,22)/t12-,13+/m0/s1. The highest BCUT2D eigenvalue weighted by Crippen LogP contribution is 2.21. The van der Waals surface area contributed by atoms with E-state index >= 15 is 0 Å². The fourth-order valence-corrected chi connectivity index (χ4v) is 3.30. The molecule has 1 N–H and O–H groups in total. The largest absolute Gasteiger partial charge is 0.405 e. The molecule has 2 saturated heterocycles. The van der Waals surface area contributed by atoms with E-state index in [-0.39, 0.29) is 6.04 Å². The van der Waals surface area contributed by atoms with E-state index in [2.05, 4.69) is 9.80 Å². The number of hydrogen-bond acceptors (Lipinski definition) is 4. The second kappa shape index (κ2) is 8.30. The molecule has 2 heterocycles. The van der Waals surface area contributed by atoms with Crippen LogP contribution in [0, 0.1) is 0 Å². The number of piperidine rings is 1. The highest BCUT2D eigenvalue weighted by Gasteiger charge is 2.34. The Balaban J connectivity index is 1.89. The molecule has 2 aliphatic heterocycles. The minimum atomic E-state index is -4.37. The average molecular weight is 337 g/mol. The summed E-state index contributed by atoms with van der Waals surface area (Å²) >= 11 is 0. The molecule has 0 spiro atoms. The third-order valence-electron chi connectivity index (χ3n) is 4.59. The molecule has 0 aromatic carbocycles. The lowest BCUT2D eigenvalue weighted by Crippen LogP contribution is -2.56. The molecule has 0 unspecified atom stereocenters. The third kappa shape index (κ3) is 5.93. The number of hydrogen-bond donors (Lipinski definition) is 1. The van der Waals surface area contributed by atoms with E-state index in [1.165, 1.54) is 0 Å². The van der Waals surface area contributed by atoms with Gasteiger partial charge in [-0.2, -0.15) is 13.2 Å². The Bertz CT molecular complexity index is 387. The minimum absolute atomic E-state index is 0.216. The normalized spacial score (nSPS) is 26.0. The van der Waals surface area contributed by atoms with Crippen molar-refractivity contribution in [2.24, 2.45) is 0 Å². The van der Waals surface area contributed by atoms with Crippen LogP contribution < -0.4 is 5.32 Å². The Labute approximate surface area is 135 Å². The Morgan fingerprint density at radius 2 is 1.96 bits per heavy atom. The van der Waals surface area contributed by atoms with Crippen LogP contribution >= 0.6 is 0 Å². The van der Waals surface area contributed by atoms with E-state index in [1.807, 2.05) is 5.32 Å². The summed E-state index contributed by atoms with van der Waals surface area (Å²) in [7, 11) is 0. The Morgan fingerprint density at radius 1 is 1.26 bits per heavy atom. The van der Waals surface area contributed by atoms with Gasteiger partial charge in [-0.25, -0.2) is 0 Å². The maximum Gasteiger partial charge on any atom is 0.405 e. The first-order valence-corrected chi connectivity index (χ1v) is 8.27. The Morgan fingerprint density at radius 3 is 2.61 bits per heavy atom. The second-order valence-electron chi connectivity index (χ2n) is 6.31. The predicted molar refractivity (Wildman–Crippen MR) is 80.1 cm³/mol. The smallest absolute Gasteiger partial charge is 0.379 e. The number of carbonyl (C=O) groups excluding carboxylic acids is 1. The van der Waals surface area contributed by atoms with Crippen LogP contribution in [-0.2, 0) is 9.53 Å². The maximum absolute atomic E-state index is 12.3. The number of carbonyl (C=O) groups is 1. The first-order chi connectivity index (χ1) is 10.9. The number of likely N-dealkylation sites (tertiary alicyclic amines) is 1. The molecule has 0 bridgehead atoms. The first-order valence-electron chi connectivity index (χ1n) is 8.27. The van der Waals surface area contributed by atoms with Gasteiger partial charge in [0, 0.05) is 25.7 Å². The zero-order valence-corrected chi connectivity index (χ0v) is 13.6. The molecule has 0 aromatic heterocycles. The van der Waals surface area contributed by atoms with E-state index in [4.69, 9.17) is 4.74 Å². The van der Waals surface area contributed by atoms with Gasteiger partial charge in [0.25, 0.3) is 0 Å². The van der Waals surface area contributed by atoms with E-state index in [0.717, 1.165) is 45.4 Å².